The Hall–Kier alpha value is -3.10. The molecule has 0 fully saturated rings. The SMILES string of the molecule is CCOc1ccc(O[C@@H](C)C(=O)NNC(=O)C2=NN(C)C(=O)CC2)cc1. The van der Waals surface area contributed by atoms with Crippen molar-refractivity contribution in [3.8, 4) is 11.5 Å². The maximum Gasteiger partial charge on any atom is 0.285 e. The molecule has 3 amide bonds. The van der Waals surface area contributed by atoms with Gasteiger partial charge >= 0.3 is 0 Å². The van der Waals surface area contributed by atoms with E-state index in [0.29, 0.717) is 18.1 Å². The summed E-state index contributed by atoms with van der Waals surface area (Å²) in [5.41, 5.74) is 4.73. The molecule has 1 aliphatic rings. The zero-order valence-electron chi connectivity index (χ0n) is 14.9. The van der Waals surface area contributed by atoms with Crippen LogP contribution in [0.1, 0.15) is 26.7 Å². The fourth-order valence-electron chi connectivity index (χ4n) is 2.16. The topological polar surface area (TPSA) is 109 Å². The standard InChI is InChI=1S/C17H22N4O5/c1-4-25-12-5-7-13(8-6-12)26-11(2)16(23)18-19-17(24)14-9-10-15(22)21(3)20-14/h5-8,11H,4,9-10H2,1-3H3,(H,18,23)(H,19,24)/t11-/m0/s1. The van der Waals surface area contributed by atoms with Crippen molar-refractivity contribution in [2.45, 2.75) is 32.8 Å². The third kappa shape index (κ3) is 5.20. The normalized spacial score (nSPS) is 15.0. The van der Waals surface area contributed by atoms with Crippen molar-refractivity contribution in [1.82, 2.24) is 15.9 Å². The molecule has 0 radical (unpaired) electrons. The molecule has 1 atom stereocenters. The average Bonchev–Trinajstić information content (AvgIpc) is 2.63. The smallest absolute Gasteiger partial charge is 0.285 e. The lowest BCUT2D eigenvalue weighted by Crippen LogP contribution is -2.50. The van der Waals surface area contributed by atoms with Crippen LogP contribution in [0.25, 0.3) is 0 Å². The minimum absolute atomic E-state index is 0.164. The molecule has 9 heteroatoms. The van der Waals surface area contributed by atoms with E-state index in [4.69, 9.17) is 9.47 Å². The zero-order valence-corrected chi connectivity index (χ0v) is 14.9. The highest BCUT2D eigenvalue weighted by atomic mass is 16.5. The van der Waals surface area contributed by atoms with Gasteiger partial charge in [-0.15, -0.1) is 0 Å². The van der Waals surface area contributed by atoms with Crippen molar-refractivity contribution in [3.63, 3.8) is 0 Å². The molecule has 0 spiro atoms. The lowest BCUT2D eigenvalue weighted by atomic mass is 10.1. The van der Waals surface area contributed by atoms with Crippen molar-refractivity contribution in [3.05, 3.63) is 24.3 Å². The lowest BCUT2D eigenvalue weighted by molar-refractivity contribution is -0.132. The Morgan fingerprint density at radius 3 is 2.46 bits per heavy atom. The number of hydrazone groups is 1. The fourth-order valence-corrected chi connectivity index (χ4v) is 2.16. The number of nitrogens with one attached hydrogen (secondary N) is 2. The van der Waals surface area contributed by atoms with Gasteiger partial charge in [-0.1, -0.05) is 0 Å². The van der Waals surface area contributed by atoms with Crippen LogP contribution in [0.2, 0.25) is 0 Å². The second-order valence-corrected chi connectivity index (χ2v) is 5.57. The largest absolute Gasteiger partial charge is 0.494 e. The number of ether oxygens (including phenoxy) is 2. The van der Waals surface area contributed by atoms with E-state index in [2.05, 4.69) is 16.0 Å². The molecule has 0 bridgehead atoms. The molecule has 0 unspecified atom stereocenters. The van der Waals surface area contributed by atoms with Gasteiger partial charge in [0, 0.05) is 19.9 Å². The van der Waals surface area contributed by atoms with Gasteiger partial charge < -0.3 is 9.47 Å². The summed E-state index contributed by atoms with van der Waals surface area (Å²) in [4.78, 5) is 35.4. The molecule has 0 aromatic heterocycles. The molecule has 0 saturated carbocycles. The minimum atomic E-state index is -0.828. The average molecular weight is 362 g/mol. The summed E-state index contributed by atoms with van der Waals surface area (Å²) in [5.74, 6) is -0.0397. The number of nitrogens with zero attached hydrogens (tertiary/aromatic N) is 2. The number of carbonyl (C=O) groups is 3. The number of hydrogen-bond donors (Lipinski definition) is 2. The molecule has 1 aliphatic heterocycles. The van der Waals surface area contributed by atoms with Crippen molar-refractivity contribution >= 4 is 23.4 Å². The van der Waals surface area contributed by atoms with E-state index in [9.17, 15) is 14.4 Å². The number of hydrazine groups is 1. The van der Waals surface area contributed by atoms with Gasteiger partial charge in [0.2, 0.25) is 5.91 Å². The minimum Gasteiger partial charge on any atom is -0.494 e. The summed E-state index contributed by atoms with van der Waals surface area (Å²) in [5, 5.41) is 4.98. The van der Waals surface area contributed by atoms with E-state index in [1.807, 2.05) is 6.92 Å². The van der Waals surface area contributed by atoms with Crippen molar-refractivity contribution in [2.75, 3.05) is 13.7 Å². The summed E-state index contributed by atoms with van der Waals surface area (Å²) < 4.78 is 10.8. The van der Waals surface area contributed by atoms with Crippen LogP contribution < -0.4 is 20.3 Å². The molecule has 26 heavy (non-hydrogen) atoms. The monoisotopic (exact) mass is 362 g/mol. The Bertz CT molecular complexity index is 702. The van der Waals surface area contributed by atoms with Crippen LogP contribution in [-0.2, 0) is 14.4 Å². The van der Waals surface area contributed by atoms with E-state index in [1.54, 1.807) is 31.2 Å². The Morgan fingerprint density at radius 2 is 1.85 bits per heavy atom. The molecule has 0 saturated heterocycles. The van der Waals surface area contributed by atoms with Crippen molar-refractivity contribution in [2.24, 2.45) is 5.10 Å². The van der Waals surface area contributed by atoms with E-state index in [0.717, 1.165) is 5.01 Å². The van der Waals surface area contributed by atoms with Gasteiger partial charge in [0.05, 0.1) is 6.61 Å². The first kappa shape index (κ1) is 19.2. The highest BCUT2D eigenvalue weighted by Crippen LogP contribution is 2.18. The van der Waals surface area contributed by atoms with Gasteiger partial charge in [-0.05, 0) is 38.1 Å². The lowest BCUT2D eigenvalue weighted by Gasteiger charge is -2.19. The molecule has 2 rings (SSSR count). The van der Waals surface area contributed by atoms with Gasteiger partial charge in [0.15, 0.2) is 6.10 Å². The second kappa shape index (κ2) is 8.84. The third-order valence-electron chi connectivity index (χ3n) is 3.59. The Kier molecular flexibility index (Phi) is 6.54. The highest BCUT2D eigenvalue weighted by molar-refractivity contribution is 6.39. The number of benzene rings is 1. The molecule has 9 nitrogen and oxygen atoms in total. The van der Waals surface area contributed by atoms with Gasteiger partial charge in [-0.3, -0.25) is 25.2 Å². The Balaban J connectivity index is 1.82. The first-order valence-electron chi connectivity index (χ1n) is 8.24. The molecule has 0 aliphatic carbocycles. The Morgan fingerprint density at radius 1 is 1.19 bits per heavy atom. The summed E-state index contributed by atoms with van der Waals surface area (Å²) in [7, 11) is 1.47. The number of carbonyl (C=O) groups excluding carboxylic acids is 3. The van der Waals surface area contributed by atoms with E-state index < -0.39 is 17.9 Å². The van der Waals surface area contributed by atoms with Crippen LogP contribution in [0.3, 0.4) is 0 Å². The molecular formula is C17H22N4O5. The van der Waals surface area contributed by atoms with Crippen LogP contribution >= 0.6 is 0 Å². The van der Waals surface area contributed by atoms with E-state index in [-0.39, 0.29) is 24.5 Å². The summed E-state index contributed by atoms with van der Waals surface area (Å²) >= 11 is 0. The van der Waals surface area contributed by atoms with Crippen LogP contribution in [0.15, 0.2) is 29.4 Å². The first-order chi connectivity index (χ1) is 12.4. The van der Waals surface area contributed by atoms with Crippen LogP contribution in [-0.4, -0.2) is 48.2 Å². The number of rotatable bonds is 6. The third-order valence-corrected chi connectivity index (χ3v) is 3.59. The highest BCUT2D eigenvalue weighted by Gasteiger charge is 2.23. The van der Waals surface area contributed by atoms with Gasteiger partial charge in [-0.2, -0.15) is 5.10 Å². The maximum absolute atomic E-state index is 12.0. The van der Waals surface area contributed by atoms with E-state index >= 15 is 0 Å². The Labute approximate surface area is 151 Å². The zero-order chi connectivity index (χ0) is 19.1. The van der Waals surface area contributed by atoms with Crippen molar-refractivity contribution in [1.29, 1.82) is 0 Å². The van der Waals surface area contributed by atoms with Crippen LogP contribution in [0, 0.1) is 0 Å². The number of hydrogen-bond acceptors (Lipinski definition) is 6. The van der Waals surface area contributed by atoms with Gasteiger partial charge in [0.25, 0.3) is 11.8 Å². The predicted molar refractivity (Wildman–Crippen MR) is 93.4 cm³/mol. The fraction of sp³-hybridized carbons (Fsp3) is 0.412. The van der Waals surface area contributed by atoms with Gasteiger partial charge in [-0.25, -0.2) is 5.01 Å². The molecule has 1 heterocycles. The summed E-state index contributed by atoms with van der Waals surface area (Å²) in [6, 6.07) is 6.86. The predicted octanol–water partition coefficient (Wildman–Crippen LogP) is 0.608. The quantitative estimate of drug-likeness (QED) is 0.721. The first-order valence-corrected chi connectivity index (χ1v) is 8.24. The molecule has 1 aromatic carbocycles. The van der Waals surface area contributed by atoms with Crippen LogP contribution in [0.4, 0.5) is 0 Å². The molecular weight excluding hydrogens is 340 g/mol. The maximum atomic E-state index is 12.0. The summed E-state index contributed by atoms with van der Waals surface area (Å²) in [6.45, 7) is 4.01. The summed E-state index contributed by atoms with van der Waals surface area (Å²) in [6.07, 6.45) is -0.400. The second-order valence-electron chi connectivity index (χ2n) is 5.57. The number of amides is 3. The van der Waals surface area contributed by atoms with E-state index in [1.165, 1.54) is 7.05 Å². The molecule has 2 N–H and O–H groups in total. The van der Waals surface area contributed by atoms with Crippen LogP contribution in [0.5, 0.6) is 11.5 Å². The molecule has 140 valence electrons. The van der Waals surface area contributed by atoms with Crippen molar-refractivity contribution < 1.29 is 23.9 Å². The molecule has 1 aromatic rings. The van der Waals surface area contributed by atoms with Gasteiger partial charge in [0.1, 0.15) is 17.2 Å².